The van der Waals surface area contributed by atoms with E-state index in [1.807, 2.05) is 4.90 Å². The van der Waals surface area contributed by atoms with Gasteiger partial charge in [0.2, 0.25) is 0 Å². The molecule has 0 N–H and O–H groups in total. The number of carbonyl (C=O) groups excluding carboxylic acids is 1. The van der Waals surface area contributed by atoms with Crippen LogP contribution in [0.15, 0.2) is 22.7 Å². The molecule has 1 aromatic carbocycles. The fourth-order valence-corrected chi connectivity index (χ4v) is 2.37. The Morgan fingerprint density at radius 3 is 2.76 bits per heavy atom. The first kappa shape index (κ1) is 12.9. The number of nitrogens with zero attached hydrogens (tertiary/aromatic N) is 1. The van der Waals surface area contributed by atoms with Crippen LogP contribution in [0.2, 0.25) is 5.02 Å². The second-order valence-corrected chi connectivity index (χ2v) is 5.62. The third-order valence-corrected chi connectivity index (χ3v) is 4.09. The Labute approximate surface area is 115 Å². The monoisotopic (exact) mass is 315 g/mol. The van der Waals surface area contributed by atoms with E-state index in [0.717, 1.165) is 30.3 Å². The Morgan fingerprint density at radius 2 is 2.24 bits per heavy atom. The Hall–Kier alpha value is -0.540. The largest absolute Gasteiger partial charge is 0.336 e. The van der Waals surface area contributed by atoms with Gasteiger partial charge in [-0.2, -0.15) is 0 Å². The van der Waals surface area contributed by atoms with E-state index in [1.54, 1.807) is 18.2 Å². The standard InChI is InChI=1S/C13H15BrClNO/c1-2-7-16(10-4-5-10)13(17)9-3-6-12(15)11(14)8-9/h3,6,8,10H,2,4-5,7H2,1H3. The van der Waals surface area contributed by atoms with Crippen molar-refractivity contribution in [2.45, 2.75) is 32.2 Å². The Morgan fingerprint density at radius 1 is 1.53 bits per heavy atom. The molecule has 92 valence electrons. The molecular formula is C13H15BrClNO. The molecule has 1 aromatic rings. The topological polar surface area (TPSA) is 20.3 Å². The fraction of sp³-hybridized carbons (Fsp3) is 0.462. The van der Waals surface area contributed by atoms with Gasteiger partial charge in [-0.1, -0.05) is 18.5 Å². The summed E-state index contributed by atoms with van der Waals surface area (Å²) in [4.78, 5) is 14.3. The quantitative estimate of drug-likeness (QED) is 0.818. The summed E-state index contributed by atoms with van der Waals surface area (Å²) < 4.78 is 0.775. The average Bonchev–Trinajstić information content (AvgIpc) is 3.13. The number of hydrogen-bond acceptors (Lipinski definition) is 1. The third kappa shape index (κ3) is 3.02. The van der Waals surface area contributed by atoms with E-state index >= 15 is 0 Å². The molecule has 4 heteroatoms. The molecular weight excluding hydrogens is 302 g/mol. The van der Waals surface area contributed by atoms with Crippen LogP contribution in [-0.2, 0) is 0 Å². The Bertz CT molecular complexity index is 431. The van der Waals surface area contributed by atoms with Gasteiger partial charge in [-0.05, 0) is 53.4 Å². The predicted molar refractivity (Wildman–Crippen MR) is 73.5 cm³/mol. The van der Waals surface area contributed by atoms with Gasteiger partial charge in [0, 0.05) is 22.6 Å². The molecule has 2 rings (SSSR count). The van der Waals surface area contributed by atoms with Gasteiger partial charge in [0.15, 0.2) is 0 Å². The zero-order chi connectivity index (χ0) is 12.4. The highest BCUT2D eigenvalue weighted by Gasteiger charge is 2.32. The number of halogens is 2. The Balaban J connectivity index is 2.19. The van der Waals surface area contributed by atoms with E-state index in [0.29, 0.717) is 16.6 Å². The molecule has 0 aliphatic heterocycles. The number of amides is 1. The number of hydrogen-bond donors (Lipinski definition) is 0. The van der Waals surface area contributed by atoms with E-state index in [1.165, 1.54) is 0 Å². The van der Waals surface area contributed by atoms with Crippen molar-refractivity contribution in [3.05, 3.63) is 33.3 Å². The molecule has 0 heterocycles. The summed E-state index contributed by atoms with van der Waals surface area (Å²) >= 11 is 9.28. The van der Waals surface area contributed by atoms with Crippen LogP contribution in [-0.4, -0.2) is 23.4 Å². The summed E-state index contributed by atoms with van der Waals surface area (Å²) in [5.41, 5.74) is 0.710. The summed E-state index contributed by atoms with van der Waals surface area (Å²) in [7, 11) is 0. The molecule has 1 aliphatic carbocycles. The molecule has 1 aliphatic rings. The molecule has 0 atom stereocenters. The van der Waals surface area contributed by atoms with E-state index in [-0.39, 0.29) is 5.91 Å². The van der Waals surface area contributed by atoms with Crippen molar-refractivity contribution < 1.29 is 4.79 Å². The molecule has 0 unspecified atom stereocenters. The van der Waals surface area contributed by atoms with Gasteiger partial charge in [0.05, 0.1) is 5.02 Å². The van der Waals surface area contributed by atoms with Gasteiger partial charge in [-0.25, -0.2) is 0 Å². The van der Waals surface area contributed by atoms with Crippen LogP contribution in [0.3, 0.4) is 0 Å². The molecule has 17 heavy (non-hydrogen) atoms. The normalized spacial score (nSPS) is 14.8. The predicted octanol–water partition coefficient (Wildman–Crippen LogP) is 4.12. The van der Waals surface area contributed by atoms with Gasteiger partial charge >= 0.3 is 0 Å². The number of benzene rings is 1. The molecule has 0 saturated heterocycles. The highest BCUT2D eigenvalue weighted by molar-refractivity contribution is 9.10. The van der Waals surface area contributed by atoms with Crippen molar-refractivity contribution in [1.29, 1.82) is 0 Å². The van der Waals surface area contributed by atoms with E-state index < -0.39 is 0 Å². The van der Waals surface area contributed by atoms with Gasteiger partial charge in [0.25, 0.3) is 5.91 Å². The number of rotatable bonds is 4. The zero-order valence-corrected chi connectivity index (χ0v) is 12.1. The molecule has 1 fully saturated rings. The van der Waals surface area contributed by atoms with Crippen LogP contribution in [0.25, 0.3) is 0 Å². The lowest BCUT2D eigenvalue weighted by molar-refractivity contribution is 0.0743. The van der Waals surface area contributed by atoms with Crippen molar-refractivity contribution in [3.63, 3.8) is 0 Å². The third-order valence-electron chi connectivity index (χ3n) is 2.88. The van der Waals surface area contributed by atoms with Crippen LogP contribution in [0, 0.1) is 0 Å². The first-order valence-electron chi connectivity index (χ1n) is 5.89. The van der Waals surface area contributed by atoms with Crippen molar-refractivity contribution >= 4 is 33.4 Å². The molecule has 0 aromatic heterocycles. The van der Waals surface area contributed by atoms with Crippen molar-refractivity contribution in [3.8, 4) is 0 Å². The minimum absolute atomic E-state index is 0.117. The molecule has 0 bridgehead atoms. The maximum atomic E-state index is 12.3. The highest BCUT2D eigenvalue weighted by Crippen LogP contribution is 2.30. The van der Waals surface area contributed by atoms with Gasteiger partial charge in [-0.15, -0.1) is 0 Å². The minimum Gasteiger partial charge on any atom is -0.336 e. The fourth-order valence-electron chi connectivity index (χ4n) is 1.87. The maximum Gasteiger partial charge on any atom is 0.254 e. The van der Waals surface area contributed by atoms with Crippen molar-refractivity contribution in [2.75, 3.05) is 6.54 Å². The lowest BCUT2D eigenvalue weighted by Crippen LogP contribution is -2.33. The minimum atomic E-state index is 0.117. The molecule has 0 radical (unpaired) electrons. The number of carbonyl (C=O) groups is 1. The maximum absolute atomic E-state index is 12.3. The van der Waals surface area contributed by atoms with Crippen LogP contribution in [0.1, 0.15) is 36.5 Å². The summed E-state index contributed by atoms with van der Waals surface area (Å²) in [5.74, 6) is 0.117. The van der Waals surface area contributed by atoms with Crippen molar-refractivity contribution in [2.24, 2.45) is 0 Å². The summed E-state index contributed by atoms with van der Waals surface area (Å²) in [6.45, 7) is 2.93. The smallest absolute Gasteiger partial charge is 0.254 e. The van der Waals surface area contributed by atoms with Gasteiger partial charge in [-0.3, -0.25) is 4.79 Å². The second kappa shape index (κ2) is 5.40. The van der Waals surface area contributed by atoms with E-state index in [4.69, 9.17) is 11.6 Å². The molecule has 0 spiro atoms. The first-order chi connectivity index (χ1) is 8.13. The van der Waals surface area contributed by atoms with Crippen LogP contribution >= 0.6 is 27.5 Å². The van der Waals surface area contributed by atoms with E-state index in [2.05, 4.69) is 22.9 Å². The first-order valence-corrected chi connectivity index (χ1v) is 7.06. The van der Waals surface area contributed by atoms with Gasteiger partial charge < -0.3 is 4.90 Å². The summed E-state index contributed by atoms with van der Waals surface area (Å²) in [6, 6.07) is 5.81. The zero-order valence-electron chi connectivity index (χ0n) is 9.75. The van der Waals surface area contributed by atoms with E-state index in [9.17, 15) is 4.79 Å². The average molecular weight is 317 g/mol. The molecule has 1 saturated carbocycles. The van der Waals surface area contributed by atoms with Crippen LogP contribution in [0.5, 0.6) is 0 Å². The lowest BCUT2D eigenvalue weighted by atomic mass is 10.2. The SMILES string of the molecule is CCCN(C(=O)c1ccc(Cl)c(Br)c1)C1CC1. The highest BCUT2D eigenvalue weighted by atomic mass is 79.9. The summed E-state index contributed by atoms with van der Waals surface area (Å²) in [5, 5.41) is 0.634. The Kier molecular flexibility index (Phi) is 4.10. The van der Waals surface area contributed by atoms with Crippen LogP contribution < -0.4 is 0 Å². The second-order valence-electron chi connectivity index (χ2n) is 4.36. The van der Waals surface area contributed by atoms with Crippen molar-refractivity contribution in [1.82, 2.24) is 4.90 Å². The van der Waals surface area contributed by atoms with Gasteiger partial charge in [0.1, 0.15) is 0 Å². The summed E-state index contributed by atoms with van der Waals surface area (Å²) in [6.07, 6.45) is 3.28. The molecule has 1 amide bonds. The van der Waals surface area contributed by atoms with Crippen LogP contribution in [0.4, 0.5) is 0 Å². The lowest BCUT2D eigenvalue weighted by Gasteiger charge is -2.22. The molecule has 2 nitrogen and oxygen atoms in total.